The van der Waals surface area contributed by atoms with E-state index in [9.17, 15) is 18.0 Å². The van der Waals surface area contributed by atoms with Gasteiger partial charge in [0.1, 0.15) is 6.04 Å². The largest absolute Gasteiger partial charge is 0.436 e. The number of halogens is 5. The molecule has 1 unspecified atom stereocenters. The van der Waals surface area contributed by atoms with Crippen LogP contribution in [0.4, 0.5) is 13.2 Å². The van der Waals surface area contributed by atoms with Crippen LogP contribution in [0.1, 0.15) is 55.2 Å². The van der Waals surface area contributed by atoms with Gasteiger partial charge in [-0.2, -0.15) is 23.4 Å². The van der Waals surface area contributed by atoms with E-state index < -0.39 is 28.8 Å². The van der Waals surface area contributed by atoms with Crippen molar-refractivity contribution >= 4 is 33.4 Å². The third kappa shape index (κ3) is 4.53. The molecule has 1 saturated carbocycles. The van der Waals surface area contributed by atoms with Gasteiger partial charge in [-0.05, 0) is 49.0 Å². The summed E-state index contributed by atoms with van der Waals surface area (Å²) in [4.78, 5) is 12.5. The van der Waals surface area contributed by atoms with Gasteiger partial charge in [0, 0.05) is 25.2 Å². The molecule has 1 aliphatic carbocycles. The van der Waals surface area contributed by atoms with Crippen LogP contribution in [0.5, 0.6) is 0 Å². The molecule has 3 rings (SSSR count). The summed E-state index contributed by atoms with van der Waals surface area (Å²) in [6, 6.07) is -0.884. The zero-order valence-electron chi connectivity index (χ0n) is 15.4. The molecule has 1 aliphatic rings. The van der Waals surface area contributed by atoms with E-state index in [0.717, 1.165) is 27.7 Å². The Bertz CT molecular complexity index is 856. The Kier molecular flexibility index (Phi) is 6.09. The highest BCUT2D eigenvalue weighted by Gasteiger charge is 2.43. The predicted molar refractivity (Wildman–Crippen MR) is 101 cm³/mol. The fourth-order valence-electron chi connectivity index (χ4n) is 2.95. The second kappa shape index (κ2) is 8.06. The average molecular weight is 483 g/mol. The number of rotatable bonds is 7. The number of amides is 1. The molecular formula is C17H20BrClF3N5O. The van der Waals surface area contributed by atoms with Crippen molar-refractivity contribution in [1.29, 1.82) is 0 Å². The van der Waals surface area contributed by atoms with Crippen molar-refractivity contribution in [3.63, 3.8) is 0 Å². The summed E-state index contributed by atoms with van der Waals surface area (Å²) in [5.74, 6) is -0.472. The molecule has 0 saturated heterocycles. The molecule has 154 valence electrons. The minimum absolute atomic E-state index is 0.0761. The van der Waals surface area contributed by atoms with E-state index in [1.807, 2.05) is 13.1 Å². The number of carbonyl (C=O) groups is 1. The fourth-order valence-corrected chi connectivity index (χ4v) is 3.65. The topological polar surface area (TPSA) is 64.7 Å². The van der Waals surface area contributed by atoms with Crippen LogP contribution in [-0.2, 0) is 17.5 Å². The normalized spacial score (nSPS) is 15.7. The Hall–Kier alpha value is -1.55. The van der Waals surface area contributed by atoms with E-state index in [1.165, 1.54) is 6.92 Å². The Labute approximate surface area is 173 Å². The Balaban J connectivity index is 1.63. The Morgan fingerprint density at radius 3 is 2.64 bits per heavy atom. The van der Waals surface area contributed by atoms with Gasteiger partial charge in [0.2, 0.25) is 5.91 Å². The number of nitrogens with zero attached hydrogens (tertiary/aromatic N) is 4. The number of nitrogens with one attached hydrogen (secondary N) is 1. The molecule has 0 radical (unpaired) electrons. The van der Waals surface area contributed by atoms with Gasteiger partial charge in [-0.25, -0.2) is 0 Å². The molecule has 0 aliphatic heterocycles. The van der Waals surface area contributed by atoms with Gasteiger partial charge >= 0.3 is 6.18 Å². The molecule has 2 aromatic heterocycles. The molecule has 1 N–H and O–H groups in total. The van der Waals surface area contributed by atoms with Crippen molar-refractivity contribution in [2.75, 3.05) is 6.54 Å². The second-order valence-electron chi connectivity index (χ2n) is 6.91. The second-order valence-corrected chi connectivity index (χ2v) is 8.14. The van der Waals surface area contributed by atoms with E-state index >= 15 is 0 Å². The van der Waals surface area contributed by atoms with Crippen LogP contribution in [0.25, 0.3) is 0 Å². The number of hydrogen-bond donors (Lipinski definition) is 1. The number of carbonyl (C=O) groups excluding carboxylic acids is 1. The first-order valence-corrected chi connectivity index (χ1v) is 10.1. The van der Waals surface area contributed by atoms with Crippen molar-refractivity contribution in [3.05, 3.63) is 32.8 Å². The van der Waals surface area contributed by atoms with Crippen LogP contribution in [0.3, 0.4) is 0 Å². The van der Waals surface area contributed by atoms with Gasteiger partial charge in [0.25, 0.3) is 0 Å². The summed E-state index contributed by atoms with van der Waals surface area (Å²) in [6.07, 6.45) is -0.675. The molecule has 0 bridgehead atoms. The molecule has 1 fully saturated rings. The van der Waals surface area contributed by atoms with E-state index in [-0.39, 0.29) is 5.92 Å². The van der Waals surface area contributed by atoms with Crippen LogP contribution in [0, 0.1) is 6.92 Å². The fraction of sp³-hybridized carbons (Fsp3) is 0.588. The molecule has 6 nitrogen and oxygen atoms in total. The minimum Gasteiger partial charge on any atom is -0.354 e. The van der Waals surface area contributed by atoms with Crippen molar-refractivity contribution in [1.82, 2.24) is 24.9 Å². The quantitative estimate of drug-likeness (QED) is 0.592. The molecule has 1 atom stereocenters. The maximum absolute atomic E-state index is 13.2. The van der Waals surface area contributed by atoms with E-state index in [2.05, 4.69) is 31.4 Å². The zero-order valence-corrected chi connectivity index (χ0v) is 17.7. The van der Waals surface area contributed by atoms with Crippen molar-refractivity contribution in [3.8, 4) is 0 Å². The van der Waals surface area contributed by atoms with Crippen LogP contribution in [0.15, 0.2) is 10.7 Å². The highest BCUT2D eigenvalue weighted by atomic mass is 79.9. The molecule has 2 aromatic rings. The molecular weight excluding hydrogens is 463 g/mol. The zero-order chi connectivity index (χ0) is 20.6. The van der Waals surface area contributed by atoms with Gasteiger partial charge in [-0.3, -0.25) is 14.2 Å². The SMILES string of the molecule is Cc1nn(CCCNC(=O)C(C)n2nc(C(F)(F)F)c(Cl)c2C2CC2)cc1Br. The Morgan fingerprint density at radius 2 is 2.11 bits per heavy atom. The highest BCUT2D eigenvalue weighted by molar-refractivity contribution is 9.10. The summed E-state index contributed by atoms with van der Waals surface area (Å²) >= 11 is 9.34. The lowest BCUT2D eigenvalue weighted by atomic mass is 10.2. The minimum atomic E-state index is -4.65. The van der Waals surface area contributed by atoms with Crippen molar-refractivity contribution in [2.45, 2.75) is 57.8 Å². The third-order valence-electron chi connectivity index (χ3n) is 4.62. The number of hydrogen-bond acceptors (Lipinski definition) is 3. The van der Waals surface area contributed by atoms with Crippen LogP contribution in [-0.4, -0.2) is 32.0 Å². The van der Waals surface area contributed by atoms with Crippen LogP contribution in [0.2, 0.25) is 5.02 Å². The molecule has 0 aromatic carbocycles. The lowest BCUT2D eigenvalue weighted by molar-refractivity contribution is -0.141. The lowest BCUT2D eigenvalue weighted by Crippen LogP contribution is -2.33. The molecule has 2 heterocycles. The van der Waals surface area contributed by atoms with E-state index in [4.69, 9.17) is 11.6 Å². The highest BCUT2D eigenvalue weighted by Crippen LogP contribution is 2.47. The maximum atomic E-state index is 13.2. The third-order valence-corrected chi connectivity index (χ3v) is 5.77. The number of aromatic nitrogens is 4. The summed E-state index contributed by atoms with van der Waals surface area (Å²) < 4.78 is 43.3. The number of alkyl halides is 3. The average Bonchev–Trinajstić information content (AvgIpc) is 3.30. The van der Waals surface area contributed by atoms with Crippen molar-refractivity contribution in [2.24, 2.45) is 0 Å². The van der Waals surface area contributed by atoms with Crippen LogP contribution < -0.4 is 5.32 Å². The first-order valence-electron chi connectivity index (χ1n) is 8.92. The molecule has 28 heavy (non-hydrogen) atoms. The summed E-state index contributed by atoms with van der Waals surface area (Å²) in [6.45, 7) is 4.39. The van der Waals surface area contributed by atoms with Gasteiger partial charge < -0.3 is 5.32 Å². The lowest BCUT2D eigenvalue weighted by Gasteiger charge is -2.16. The van der Waals surface area contributed by atoms with Gasteiger partial charge in [-0.15, -0.1) is 0 Å². The van der Waals surface area contributed by atoms with Crippen molar-refractivity contribution < 1.29 is 18.0 Å². The number of aryl methyl sites for hydroxylation is 2. The smallest absolute Gasteiger partial charge is 0.354 e. The monoisotopic (exact) mass is 481 g/mol. The Morgan fingerprint density at radius 1 is 1.43 bits per heavy atom. The van der Waals surface area contributed by atoms with Crippen LogP contribution >= 0.6 is 27.5 Å². The maximum Gasteiger partial charge on any atom is 0.436 e. The molecule has 11 heteroatoms. The standard InChI is InChI=1S/C17H20BrClF3N5O/c1-9-12(18)8-26(24-9)7-3-6-23-16(28)10(2)27-14(11-4-5-11)13(19)15(25-27)17(20,21)22/h8,10-11H,3-7H2,1-2H3,(H,23,28). The first kappa shape index (κ1) is 21.2. The van der Waals surface area contributed by atoms with E-state index in [1.54, 1.807) is 4.68 Å². The summed E-state index contributed by atoms with van der Waals surface area (Å²) in [5.41, 5.74) is 0.0464. The predicted octanol–water partition coefficient (Wildman–Crippen LogP) is 4.47. The van der Waals surface area contributed by atoms with E-state index in [0.29, 0.717) is 25.2 Å². The molecule has 0 spiro atoms. The van der Waals surface area contributed by atoms with Gasteiger partial charge in [-0.1, -0.05) is 11.6 Å². The van der Waals surface area contributed by atoms with Gasteiger partial charge in [0.15, 0.2) is 5.69 Å². The summed E-state index contributed by atoms with van der Waals surface area (Å²) in [5, 5.41) is 10.3. The molecule has 1 amide bonds. The van der Waals surface area contributed by atoms with Gasteiger partial charge in [0.05, 0.1) is 20.9 Å². The summed E-state index contributed by atoms with van der Waals surface area (Å²) in [7, 11) is 0. The first-order chi connectivity index (χ1) is 13.1.